The fraction of sp³-hybridized carbons (Fsp3) is 0.818. The van der Waals surface area contributed by atoms with Gasteiger partial charge in [-0.2, -0.15) is 0 Å². The molecule has 0 aromatic rings. The van der Waals surface area contributed by atoms with Crippen molar-refractivity contribution in [2.45, 2.75) is 33.5 Å². The lowest BCUT2D eigenvalue weighted by Crippen LogP contribution is -2.53. The van der Waals surface area contributed by atoms with Gasteiger partial charge in [-0.3, -0.25) is 0 Å². The quantitative estimate of drug-likeness (QED) is 0.361. The molecule has 6 nitrogen and oxygen atoms in total. The van der Waals surface area contributed by atoms with Gasteiger partial charge in [0.05, 0.1) is 13.2 Å². The molecule has 17 heavy (non-hydrogen) atoms. The molecule has 0 aliphatic rings. The number of carbonyl (C=O) groups is 2. The summed E-state index contributed by atoms with van der Waals surface area (Å²) in [5.41, 5.74) is 0. The van der Waals surface area contributed by atoms with E-state index in [0.717, 1.165) is 0 Å². The summed E-state index contributed by atoms with van der Waals surface area (Å²) in [7, 11) is 0. The third-order valence-electron chi connectivity index (χ3n) is 1.78. The Bertz CT molecular complexity index is 224. The molecule has 0 aromatic heterocycles. The second kappa shape index (κ2) is 8.03. The number of hydrogen-bond donors (Lipinski definition) is 0. The van der Waals surface area contributed by atoms with Gasteiger partial charge in [-0.05, 0) is 27.7 Å². The minimum absolute atomic E-state index is 0.123. The van der Waals surface area contributed by atoms with E-state index in [1.807, 2.05) is 0 Å². The van der Waals surface area contributed by atoms with Crippen LogP contribution in [0.5, 0.6) is 0 Å². The van der Waals surface area contributed by atoms with E-state index in [1.165, 1.54) is 0 Å². The Morgan fingerprint density at radius 1 is 0.765 bits per heavy atom. The minimum atomic E-state index is -2.10. The van der Waals surface area contributed by atoms with Crippen molar-refractivity contribution < 1.29 is 28.5 Å². The first-order valence-electron chi connectivity index (χ1n) is 5.71. The van der Waals surface area contributed by atoms with E-state index in [0.29, 0.717) is 0 Å². The molecule has 0 saturated heterocycles. The van der Waals surface area contributed by atoms with E-state index >= 15 is 0 Å². The highest BCUT2D eigenvalue weighted by Gasteiger charge is 2.52. The van der Waals surface area contributed by atoms with E-state index in [4.69, 9.17) is 18.9 Å². The molecule has 0 rings (SSSR count). The van der Waals surface area contributed by atoms with Crippen LogP contribution in [-0.2, 0) is 28.5 Å². The molecular formula is C11H20O6. The van der Waals surface area contributed by atoms with Crippen molar-refractivity contribution in [1.29, 1.82) is 0 Å². The third kappa shape index (κ3) is 3.98. The van der Waals surface area contributed by atoms with Crippen molar-refractivity contribution in [2.75, 3.05) is 26.4 Å². The maximum Gasteiger partial charge on any atom is 0.379 e. The van der Waals surface area contributed by atoms with Crippen LogP contribution in [0.1, 0.15) is 27.7 Å². The lowest BCUT2D eigenvalue weighted by molar-refractivity contribution is -0.251. The molecular weight excluding hydrogens is 228 g/mol. The molecule has 0 unspecified atom stereocenters. The Morgan fingerprint density at radius 3 is 1.35 bits per heavy atom. The zero-order valence-electron chi connectivity index (χ0n) is 10.8. The molecule has 6 heteroatoms. The van der Waals surface area contributed by atoms with Crippen molar-refractivity contribution in [3.8, 4) is 0 Å². The van der Waals surface area contributed by atoms with Crippen molar-refractivity contribution in [3.05, 3.63) is 0 Å². The van der Waals surface area contributed by atoms with Crippen molar-refractivity contribution in [3.63, 3.8) is 0 Å². The predicted molar refractivity (Wildman–Crippen MR) is 59.2 cm³/mol. The zero-order chi connectivity index (χ0) is 13.3. The first-order chi connectivity index (χ1) is 8.08. The minimum Gasteiger partial charge on any atom is -0.462 e. The Morgan fingerprint density at radius 2 is 1.12 bits per heavy atom. The number of esters is 2. The van der Waals surface area contributed by atoms with Crippen LogP contribution in [0, 0.1) is 0 Å². The second-order valence-electron chi connectivity index (χ2n) is 2.92. The summed E-state index contributed by atoms with van der Waals surface area (Å²) in [5, 5.41) is 0. The van der Waals surface area contributed by atoms with Gasteiger partial charge >= 0.3 is 17.7 Å². The van der Waals surface area contributed by atoms with Gasteiger partial charge in [0.25, 0.3) is 0 Å². The van der Waals surface area contributed by atoms with E-state index in [9.17, 15) is 9.59 Å². The summed E-state index contributed by atoms with van der Waals surface area (Å²) < 4.78 is 19.8. The lowest BCUT2D eigenvalue weighted by atomic mass is 10.2. The van der Waals surface area contributed by atoms with Crippen LogP contribution in [0.25, 0.3) is 0 Å². The van der Waals surface area contributed by atoms with Crippen molar-refractivity contribution >= 4 is 11.9 Å². The van der Waals surface area contributed by atoms with Crippen LogP contribution in [0.3, 0.4) is 0 Å². The summed E-state index contributed by atoms with van der Waals surface area (Å²) in [6.45, 7) is 7.05. The average Bonchev–Trinajstić information content (AvgIpc) is 2.29. The van der Waals surface area contributed by atoms with Gasteiger partial charge < -0.3 is 18.9 Å². The Kier molecular flexibility index (Phi) is 7.49. The van der Waals surface area contributed by atoms with Gasteiger partial charge in [0.1, 0.15) is 0 Å². The van der Waals surface area contributed by atoms with Crippen LogP contribution >= 0.6 is 0 Å². The summed E-state index contributed by atoms with van der Waals surface area (Å²) in [5.74, 6) is -3.88. The number of ether oxygens (including phenoxy) is 4. The molecule has 0 aromatic carbocycles. The standard InChI is InChI=1S/C11H20O6/c1-5-14-9(12)11(16-7-3,17-8-4)10(13)15-6-2/h5-8H2,1-4H3. The Labute approximate surface area is 101 Å². The predicted octanol–water partition coefficient (Wildman–Crippen LogP) is 0.882. The molecule has 0 bridgehead atoms. The second-order valence-corrected chi connectivity index (χ2v) is 2.92. The Balaban J connectivity index is 5.09. The van der Waals surface area contributed by atoms with Gasteiger partial charge in [0.15, 0.2) is 0 Å². The molecule has 0 aliphatic heterocycles. The van der Waals surface area contributed by atoms with Crippen LogP contribution in [-0.4, -0.2) is 44.2 Å². The third-order valence-corrected chi connectivity index (χ3v) is 1.78. The molecule has 0 N–H and O–H groups in total. The van der Waals surface area contributed by atoms with Gasteiger partial charge in [-0.15, -0.1) is 0 Å². The molecule has 0 saturated carbocycles. The summed E-state index contributed by atoms with van der Waals surface area (Å²) in [6, 6.07) is 0. The lowest BCUT2D eigenvalue weighted by Gasteiger charge is -2.27. The summed E-state index contributed by atoms with van der Waals surface area (Å²) in [6.07, 6.45) is 0. The van der Waals surface area contributed by atoms with Crippen LogP contribution in [0.2, 0.25) is 0 Å². The van der Waals surface area contributed by atoms with E-state index in [2.05, 4.69) is 0 Å². The normalized spacial score (nSPS) is 11.1. The molecule has 0 fully saturated rings. The highest BCUT2D eigenvalue weighted by atomic mass is 16.8. The van der Waals surface area contributed by atoms with E-state index in [-0.39, 0.29) is 26.4 Å². The fourth-order valence-electron chi connectivity index (χ4n) is 1.22. The largest absolute Gasteiger partial charge is 0.462 e. The zero-order valence-corrected chi connectivity index (χ0v) is 10.8. The molecule has 0 spiro atoms. The van der Waals surface area contributed by atoms with Gasteiger partial charge in [-0.1, -0.05) is 0 Å². The van der Waals surface area contributed by atoms with Crippen molar-refractivity contribution in [2.24, 2.45) is 0 Å². The highest BCUT2D eigenvalue weighted by molar-refractivity contribution is 6.01. The SMILES string of the molecule is CCOC(=O)C(OCC)(OCC)C(=O)OCC. The first-order valence-corrected chi connectivity index (χ1v) is 5.71. The fourth-order valence-corrected chi connectivity index (χ4v) is 1.22. The number of carbonyl (C=O) groups excluding carboxylic acids is 2. The first kappa shape index (κ1) is 15.9. The monoisotopic (exact) mass is 248 g/mol. The molecule has 0 aliphatic carbocycles. The van der Waals surface area contributed by atoms with E-state index < -0.39 is 17.7 Å². The van der Waals surface area contributed by atoms with Crippen LogP contribution in [0.15, 0.2) is 0 Å². The smallest absolute Gasteiger partial charge is 0.379 e. The maximum atomic E-state index is 11.8. The van der Waals surface area contributed by atoms with Gasteiger partial charge in [-0.25, -0.2) is 9.59 Å². The molecule has 0 radical (unpaired) electrons. The van der Waals surface area contributed by atoms with Crippen molar-refractivity contribution in [1.82, 2.24) is 0 Å². The average molecular weight is 248 g/mol. The van der Waals surface area contributed by atoms with Crippen LogP contribution in [0.4, 0.5) is 0 Å². The molecule has 0 amide bonds. The maximum absolute atomic E-state index is 11.8. The molecule has 100 valence electrons. The topological polar surface area (TPSA) is 71.1 Å². The van der Waals surface area contributed by atoms with Crippen LogP contribution < -0.4 is 0 Å². The highest BCUT2D eigenvalue weighted by Crippen LogP contribution is 2.18. The van der Waals surface area contributed by atoms with E-state index in [1.54, 1.807) is 27.7 Å². The summed E-state index contributed by atoms with van der Waals surface area (Å²) >= 11 is 0. The number of rotatable bonds is 8. The Hall–Kier alpha value is -1.14. The van der Waals surface area contributed by atoms with Gasteiger partial charge in [0, 0.05) is 13.2 Å². The molecule has 0 heterocycles. The molecule has 0 atom stereocenters. The summed E-state index contributed by atoms with van der Waals surface area (Å²) in [4.78, 5) is 23.6. The number of hydrogen-bond acceptors (Lipinski definition) is 6. The van der Waals surface area contributed by atoms with Gasteiger partial charge in [0.2, 0.25) is 0 Å².